The van der Waals surface area contributed by atoms with Crippen LogP contribution in [0.1, 0.15) is 10.4 Å². The van der Waals surface area contributed by atoms with Crippen LogP contribution in [0.25, 0.3) is 0 Å². The van der Waals surface area contributed by atoms with Crippen LogP contribution in [0.5, 0.6) is 0 Å². The third-order valence-electron chi connectivity index (χ3n) is 2.47. The number of anilines is 1. The zero-order valence-electron chi connectivity index (χ0n) is 10.1. The number of hydrogen-bond donors (Lipinski definition) is 1. The highest BCUT2D eigenvalue weighted by Gasteiger charge is 2.13. The molecule has 0 spiro atoms. The molecule has 2 rings (SSSR count). The number of aromatic nitrogens is 1. The van der Waals surface area contributed by atoms with Crippen LogP contribution < -0.4 is 5.32 Å². The quantitative estimate of drug-likeness (QED) is 0.480. The zero-order valence-corrected chi connectivity index (χ0v) is 13.2. The van der Waals surface area contributed by atoms with Crippen LogP contribution in [0.15, 0.2) is 34.9 Å². The van der Waals surface area contributed by atoms with Gasteiger partial charge in [-0.2, -0.15) is 0 Å². The van der Waals surface area contributed by atoms with E-state index in [0.717, 1.165) is 0 Å². The van der Waals surface area contributed by atoms with Gasteiger partial charge < -0.3 is 5.32 Å². The van der Waals surface area contributed by atoms with Gasteiger partial charge in [-0.1, -0.05) is 23.2 Å². The molecule has 0 aliphatic heterocycles. The Labute approximate surface area is 137 Å². The van der Waals surface area contributed by atoms with Crippen molar-refractivity contribution in [1.82, 2.24) is 4.98 Å². The second-order valence-electron chi connectivity index (χ2n) is 3.87. The Morgan fingerprint density at radius 2 is 2.05 bits per heavy atom. The third kappa shape index (κ3) is 3.69. The molecule has 9 heteroatoms. The van der Waals surface area contributed by atoms with Crippen LogP contribution in [0.3, 0.4) is 0 Å². The molecule has 2 aromatic rings. The van der Waals surface area contributed by atoms with Crippen LogP contribution in [0, 0.1) is 10.1 Å². The van der Waals surface area contributed by atoms with Crippen molar-refractivity contribution < 1.29 is 9.72 Å². The molecule has 1 aromatic heterocycles. The molecule has 0 atom stereocenters. The summed E-state index contributed by atoms with van der Waals surface area (Å²) in [5.74, 6) is -0.462. The van der Waals surface area contributed by atoms with E-state index in [1.165, 1.54) is 30.5 Å². The molecule has 0 aliphatic rings. The van der Waals surface area contributed by atoms with E-state index in [1.54, 1.807) is 0 Å². The maximum atomic E-state index is 12.0. The zero-order chi connectivity index (χ0) is 15.6. The highest BCUT2D eigenvalue weighted by molar-refractivity contribution is 9.10. The van der Waals surface area contributed by atoms with Gasteiger partial charge in [0.15, 0.2) is 0 Å². The van der Waals surface area contributed by atoms with Crippen molar-refractivity contribution in [3.05, 3.63) is 60.8 Å². The molecule has 1 amide bonds. The largest absolute Gasteiger partial charge is 0.321 e. The summed E-state index contributed by atoms with van der Waals surface area (Å²) in [6, 6.07) is 5.38. The summed E-state index contributed by atoms with van der Waals surface area (Å²) in [6.45, 7) is 0. The van der Waals surface area contributed by atoms with Crippen molar-refractivity contribution in [2.45, 2.75) is 0 Å². The number of hydrogen-bond acceptors (Lipinski definition) is 4. The second kappa shape index (κ2) is 6.38. The molecule has 0 unspecified atom stereocenters. The van der Waals surface area contributed by atoms with Gasteiger partial charge in [0.2, 0.25) is 0 Å². The molecular weight excluding hydrogens is 385 g/mol. The lowest BCUT2D eigenvalue weighted by atomic mass is 10.2. The van der Waals surface area contributed by atoms with Crippen LogP contribution in [-0.2, 0) is 0 Å². The van der Waals surface area contributed by atoms with Gasteiger partial charge in [0, 0.05) is 22.8 Å². The average molecular weight is 391 g/mol. The minimum absolute atomic E-state index is 0.0870. The number of nitro groups is 1. The first-order valence-electron chi connectivity index (χ1n) is 5.45. The van der Waals surface area contributed by atoms with Gasteiger partial charge in [0.25, 0.3) is 11.6 Å². The third-order valence-corrected chi connectivity index (χ3v) is 3.81. The lowest BCUT2D eigenvalue weighted by Crippen LogP contribution is -2.12. The normalized spacial score (nSPS) is 10.2. The van der Waals surface area contributed by atoms with E-state index in [0.29, 0.717) is 10.2 Å². The minimum Gasteiger partial charge on any atom is -0.321 e. The number of nitrogens with zero attached hydrogens (tertiary/aromatic N) is 2. The van der Waals surface area contributed by atoms with Gasteiger partial charge in [-0.25, -0.2) is 4.98 Å². The smallest absolute Gasteiger partial charge is 0.270 e. The standard InChI is InChI=1S/C12H6BrCl2N3O3/c13-8-4-7(18(20)21)1-2-10(8)17-12(19)6-3-9(14)11(15)16-5-6/h1-5H,(H,17,19). The second-order valence-corrected chi connectivity index (χ2v) is 5.49. The molecule has 0 aliphatic carbocycles. The topological polar surface area (TPSA) is 85.1 Å². The number of amides is 1. The molecule has 0 radical (unpaired) electrons. The Morgan fingerprint density at radius 1 is 1.33 bits per heavy atom. The van der Waals surface area contributed by atoms with Gasteiger partial charge in [-0.3, -0.25) is 14.9 Å². The number of nitro benzene ring substituents is 1. The number of benzene rings is 1. The summed E-state index contributed by atoms with van der Waals surface area (Å²) in [4.78, 5) is 25.9. The molecule has 0 saturated carbocycles. The lowest BCUT2D eigenvalue weighted by molar-refractivity contribution is -0.384. The number of nitrogens with one attached hydrogen (secondary N) is 1. The molecule has 6 nitrogen and oxygen atoms in total. The first kappa shape index (κ1) is 15.7. The van der Waals surface area contributed by atoms with Crippen LogP contribution in [0.4, 0.5) is 11.4 Å². The van der Waals surface area contributed by atoms with Crippen molar-refractivity contribution >= 4 is 56.4 Å². The Kier molecular flexibility index (Phi) is 4.76. The number of non-ortho nitro benzene ring substituents is 1. The predicted octanol–water partition coefficient (Wildman–Crippen LogP) is 4.31. The molecule has 1 heterocycles. The monoisotopic (exact) mass is 389 g/mol. The fourth-order valence-electron chi connectivity index (χ4n) is 1.46. The van der Waals surface area contributed by atoms with Crippen molar-refractivity contribution in [1.29, 1.82) is 0 Å². The van der Waals surface area contributed by atoms with E-state index in [2.05, 4.69) is 26.2 Å². The molecule has 21 heavy (non-hydrogen) atoms. The summed E-state index contributed by atoms with van der Waals surface area (Å²) in [5.41, 5.74) is 0.516. The predicted molar refractivity (Wildman–Crippen MR) is 83.0 cm³/mol. The van der Waals surface area contributed by atoms with E-state index in [-0.39, 0.29) is 21.4 Å². The number of halogens is 3. The van der Waals surface area contributed by atoms with Gasteiger partial charge >= 0.3 is 0 Å². The minimum atomic E-state index is -0.529. The number of carbonyl (C=O) groups is 1. The van der Waals surface area contributed by atoms with E-state index < -0.39 is 10.8 Å². The van der Waals surface area contributed by atoms with Crippen LogP contribution in [-0.4, -0.2) is 15.8 Å². The molecule has 0 saturated heterocycles. The number of carbonyl (C=O) groups excluding carboxylic acids is 1. The number of pyridine rings is 1. The maximum Gasteiger partial charge on any atom is 0.270 e. The SMILES string of the molecule is O=C(Nc1ccc([N+](=O)[O-])cc1Br)c1cnc(Cl)c(Cl)c1. The summed E-state index contributed by atoms with van der Waals surface area (Å²) in [6.07, 6.45) is 1.28. The fraction of sp³-hybridized carbons (Fsp3) is 0. The Bertz CT molecular complexity index is 740. The summed E-state index contributed by atoms with van der Waals surface area (Å²) in [5, 5.41) is 13.5. The van der Waals surface area contributed by atoms with E-state index >= 15 is 0 Å². The Morgan fingerprint density at radius 3 is 2.62 bits per heavy atom. The maximum absolute atomic E-state index is 12.0. The Balaban J connectivity index is 2.23. The highest BCUT2D eigenvalue weighted by atomic mass is 79.9. The van der Waals surface area contributed by atoms with Gasteiger partial charge in [-0.05, 0) is 28.1 Å². The lowest BCUT2D eigenvalue weighted by Gasteiger charge is -2.07. The van der Waals surface area contributed by atoms with Gasteiger partial charge in [0.05, 0.1) is 21.2 Å². The van der Waals surface area contributed by atoms with Crippen molar-refractivity contribution in [3.8, 4) is 0 Å². The van der Waals surface area contributed by atoms with Crippen LogP contribution in [0.2, 0.25) is 10.2 Å². The van der Waals surface area contributed by atoms with E-state index in [1.807, 2.05) is 0 Å². The molecule has 1 aromatic carbocycles. The van der Waals surface area contributed by atoms with E-state index in [9.17, 15) is 14.9 Å². The Hall–Kier alpha value is -1.70. The fourth-order valence-corrected chi connectivity index (χ4v) is 2.19. The summed E-state index contributed by atoms with van der Waals surface area (Å²) in [7, 11) is 0. The summed E-state index contributed by atoms with van der Waals surface area (Å²) >= 11 is 14.6. The van der Waals surface area contributed by atoms with Gasteiger partial charge in [-0.15, -0.1) is 0 Å². The van der Waals surface area contributed by atoms with Crippen LogP contribution >= 0.6 is 39.1 Å². The molecule has 1 N–H and O–H groups in total. The molecule has 0 fully saturated rings. The molecule has 0 bridgehead atoms. The highest BCUT2D eigenvalue weighted by Crippen LogP contribution is 2.28. The van der Waals surface area contributed by atoms with Gasteiger partial charge in [0.1, 0.15) is 5.15 Å². The first-order valence-corrected chi connectivity index (χ1v) is 6.99. The molecule has 108 valence electrons. The number of rotatable bonds is 3. The van der Waals surface area contributed by atoms with Crippen molar-refractivity contribution in [3.63, 3.8) is 0 Å². The summed E-state index contributed by atoms with van der Waals surface area (Å²) < 4.78 is 0.387. The first-order chi connectivity index (χ1) is 9.88. The average Bonchev–Trinajstić information content (AvgIpc) is 2.43. The van der Waals surface area contributed by atoms with E-state index in [4.69, 9.17) is 23.2 Å². The molecular formula is C12H6BrCl2N3O3. The van der Waals surface area contributed by atoms with Crippen molar-refractivity contribution in [2.24, 2.45) is 0 Å². The van der Waals surface area contributed by atoms with Crippen molar-refractivity contribution in [2.75, 3.05) is 5.32 Å².